The zero-order valence-corrected chi connectivity index (χ0v) is 16.2. The van der Waals surface area contributed by atoms with Crippen molar-refractivity contribution in [2.75, 3.05) is 7.11 Å². The molecule has 0 aliphatic carbocycles. The molecule has 4 rings (SSSR count). The number of benzene rings is 1. The van der Waals surface area contributed by atoms with E-state index in [9.17, 15) is 4.21 Å². The van der Waals surface area contributed by atoms with Crippen LogP contribution in [0.1, 0.15) is 11.3 Å². The standard InChI is InChI=1S/C20H20N4O2S/c1-14-17(21-9-8-19(14)26-3)13-27(25)20-22-16-12-15(24-10-4-5-11-24)6-7-18(16)23(20)2/h4-12H,13H2,1-3H3/t27-/m0/s1. The molecule has 0 bridgehead atoms. The smallest absolute Gasteiger partial charge is 0.200 e. The number of imidazole rings is 1. The molecular weight excluding hydrogens is 360 g/mol. The Bertz CT molecular complexity index is 1130. The van der Waals surface area contributed by atoms with Gasteiger partial charge in [-0.2, -0.15) is 0 Å². The molecule has 0 spiro atoms. The van der Waals surface area contributed by atoms with Crippen molar-refractivity contribution in [1.29, 1.82) is 0 Å². The summed E-state index contributed by atoms with van der Waals surface area (Å²) in [7, 11) is 2.20. The highest BCUT2D eigenvalue weighted by Crippen LogP contribution is 2.24. The van der Waals surface area contributed by atoms with Gasteiger partial charge in [0.1, 0.15) is 5.75 Å². The summed E-state index contributed by atoms with van der Waals surface area (Å²) in [5.74, 6) is 1.04. The van der Waals surface area contributed by atoms with Crippen LogP contribution >= 0.6 is 0 Å². The fourth-order valence-electron chi connectivity index (χ4n) is 3.15. The van der Waals surface area contributed by atoms with Crippen LogP contribution in [0.25, 0.3) is 16.7 Å². The number of ether oxygens (including phenoxy) is 1. The molecule has 0 N–H and O–H groups in total. The number of methoxy groups -OCH3 is 1. The second-order valence-electron chi connectivity index (χ2n) is 6.29. The van der Waals surface area contributed by atoms with Gasteiger partial charge in [-0.3, -0.25) is 9.19 Å². The molecule has 0 aliphatic rings. The summed E-state index contributed by atoms with van der Waals surface area (Å²) < 4.78 is 22.3. The van der Waals surface area contributed by atoms with Crippen LogP contribution in [0.15, 0.2) is 60.1 Å². The predicted molar refractivity (Wildman–Crippen MR) is 106 cm³/mol. The van der Waals surface area contributed by atoms with Gasteiger partial charge in [0.25, 0.3) is 0 Å². The number of pyridine rings is 1. The molecule has 0 fully saturated rings. The summed E-state index contributed by atoms with van der Waals surface area (Å²) in [6.07, 6.45) is 5.65. The van der Waals surface area contributed by atoms with Gasteiger partial charge < -0.3 is 13.9 Å². The second kappa shape index (κ2) is 7.00. The molecule has 0 amide bonds. The fraction of sp³-hybridized carbons (Fsp3) is 0.200. The molecule has 0 aliphatic heterocycles. The van der Waals surface area contributed by atoms with Crippen molar-refractivity contribution in [1.82, 2.24) is 19.1 Å². The molecule has 0 radical (unpaired) electrons. The van der Waals surface area contributed by atoms with Gasteiger partial charge in [0, 0.05) is 36.9 Å². The summed E-state index contributed by atoms with van der Waals surface area (Å²) >= 11 is 0. The summed E-state index contributed by atoms with van der Waals surface area (Å²) in [6, 6.07) is 11.8. The lowest BCUT2D eigenvalue weighted by atomic mass is 10.2. The molecule has 0 saturated carbocycles. The first-order chi connectivity index (χ1) is 13.1. The number of rotatable bonds is 5. The zero-order valence-electron chi connectivity index (χ0n) is 15.4. The van der Waals surface area contributed by atoms with E-state index in [2.05, 4.69) is 9.97 Å². The molecule has 0 saturated heterocycles. The lowest BCUT2D eigenvalue weighted by Gasteiger charge is -2.09. The predicted octanol–water partition coefficient (Wildman–Crippen LogP) is 3.38. The molecule has 27 heavy (non-hydrogen) atoms. The van der Waals surface area contributed by atoms with Crippen LogP contribution in [0.5, 0.6) is 5.75 Å². The van der Waals surface area contributed by atoms with E-state index in [1.165, 1.54) is 0 Å². The Morgan fingerprint density at radius 2 is 1.96 bits per heavy atom. The maximum absolute atomic E-state index is 13.0. The minimum absolute atomic E-state index is 0.296. The summed E-state index contributed by atoms with van der Waals surface area (Å²) in [5, 5.41) is 0.540. The number of nitrogens with zero attached hydrogens (tertiary/aromatic N) is 4. The van der Waals surface area contributed by atoms with Crippen molar-refractivity contribution in [3.63, 3.8) is 0 Å². The van der Waals surface area contributed by atoms with Crippen LogP contribution in [-0.4, -0.2) is 30.4 Å². The number of fused-ring (bicyclic) bond motifs is 1. The highest BCUT2D eigenvalue weighted by molar-refractivity contribution is 7.84. The van der Waals surface area contributed by atoms with E-state index in [0.29, 0.717) is 10.9 Å². The first-order valence-corrected chi connectivity index (χ1v) is 9.87. The summed E-state index contributed by atoms with van der Waals surface area (Å²) in [5.41, 5.74) is 4.45. The maximum atomic E-state index is 13.0. The van der Waals surface area contributed by atoms with Crippen molar-refractivity contribution >= 4 is 21.8 Å². The second-order valence-corrected chi connectivity index (χ2v) is 7.64. The molecular formula is C20H20N4O2S. The zero-order chi connectivity index (χ0) is 19.0. The van der Waals surface area contributed by atoms with Crippen LogP contribution in [0.2, 0.25) is 0 Å². The van der Waals surface area contributed by atoms with Crippen molar-refractivity contribution in [3.05, 3.63) is 66.2 Å². The van der Waals surface area contributed by atoms with E-state index in [4.69, 9.17) is 4.74 Å². The SMILES string of the molecule is COc1ccnc(C[S@](=O)c2nc3cc(-n4cccc4)ccc3n2C)c1C. The van der Waals surface area contributed by atoms with Crippen molar-refractivity contribution in [3.8, 4) is 11.4 Å². The maximum Gasteiger partial charge on any atom is 0.200 e. The normalized spacial score (nSPS) is 12.4. The van der Waals surface area contributed by atoms with Gasteiger partial charge in [-0.1, -0.05) is 0 Å². The number of hydrogen-bond acceptors (Lipinski definition) is 4. The largest absolute Gasteiger partial charge is 0.496 e. The van der Waals surface area contributed by atoms with Crippen LogP contribution in [0.4, 0.5) is 0 Å². The summed E-state index contributed by atoms with van der Waals surface area (Å²) in [6.45, 7) is 1.93. The molecule has 1 aromatic carbocycles. The van der Waals surface area contributed by atoms with Crippen LogP contribution < -0.4 is 4.74 Å². The molecule has 4 aromatic rings. The van der Waals surface area contributed by atoms with E-state index in [1.54, 1.807) is 19.4 Å². The van der Waals surface area contributed by atoms with Gasteiger partial charge in [0.2, 0.25) is 0 Å². The minimum atomic E-state index is -1.32. The van der Waals surface area contributed by atoms with Crippen LogP contribution in [-0.2, 0) is 23.6 Å². The van der Waals surface area contributed by atoms with Crippen LogP contribution in [0, 0.1) is 6.92 Å². The van der Waals surface area contributed by atoms with E-state index in [1.807, 2.05) is 65.8 Å². The molecule has 3 aromatic heterocycles. The topological polar surface area (TPSA) is 61.9 Å². The van der Waals surface area contributed by atoms with Gasteiger partial charge in [-0.25, -0.2) is 4.98 Å². The number of aromatic nitrogens is 4. The monoisotopic (exact) mass is 380 g/mol. The molecule has 6 nitrogen and oxygen atoms in total. The van der Waals surface area contributed by atoms with Gasteiger partial charge in [-0.15, -0.1) is 0 Å². The van der Waals surface area contributed by atoms with E-state index in [-0.39, 0.29) is 0 Å². The number of aryl methyl sites for hydroxylation is 1. The van der Waals surface area contributed by atoms with E-state index < -0.39 is 10.8 Å². The Morgan fingerprint density at radius 1 is 1.19 bits per heavy atom. The third kappa shape index (κ3) is 3.14. The van der Waals surface area contributed by atoms with Crippen molar-refractivity contribution < 1.29 is 8.95 Å². The molecule has 0 unspecified atom stereocenters. The van der Waals surface area contributed by atoms with Gasteiger partial charge >= 0.3 is 0 Å². The third-order valence-corrected chi connectivity index (χ3v) is 5.98. The summed E-state index contributed by atoms with van der Waals surface area (Å²) in [4.78, 5) is 9.01. The Morgan fingerprint density at radius 3 is 2.70 bits per heavy atom. The molecule has 7 heteroatoms. The Kier molecular flexibility index (Phi) is 4.53. The Labute approximate surface area is 159 Å². The highest BCUT2D eigenvalue weighted by atomic mass is 32.2. The molecule has 3 heterocycles. The van der Waals surface area contributed by atoms with Gasteiger partial charge in [-0.05, 0) is 43.3 Å². The first-order valence-electron chi connectivity index (χ1n) is 8.55. The Balaban J connectivity index is 1.69. The fourth-order valence-corrected chi connectivity index (χ4v) is 4.42. The third-order valence-electron chi connectivity index (χ3n) is 4.68. The van der Waals surface area contributed by atoms with E-state index in [0.717, 1.165) is 33.7 Å². The van der Waals surface area contributed by atoms with E-state index >= 15 is 0 Å². The highest BCUT2D eigenvalue weighted by Gasteiger charge is 2.17. The minimum Gasteiger partial charge on any atom is -0.496 e. The van der Waals surface area contributed by atoms with Gasteiger partial charge in [0.15, 0.2) is 5.16 Å². The van der Waals surface area contributed by atoms with Crippen molar-refractivity contribution in [2.45, 2.75) is 17.8 Å². The van der Waals surface area contributed by atoms with Gasteiger partial charge in [0.05, 0.1) is 40.4 Å². The van der Waals surface area contributed by atoms with Crippen molar-refractivity contribution in [2.24, 2.45) is 7.05 Å². The lowest BCUT2D eigenvalue weighted by molar-refractivity contribution is 0.410. The first kappa shape index (κ1) is 17.5. The quantitative estimate of drug-likeness (QED) is 0.532. The Hall–Kier alpha value is -2.93. The lowest BCUT2D eigenvalue weighted by Crippen LogP contribution is -2.07. The molecule has 1 atom stereocenters. The van der Waals surface area contributed by atoms with Crippen LogP contribution in [0.3, 0.4) is 0 Å². The average Bonchev–Trinajstić information content (AvgIpc) is 3.31. The molecule has 138 valence electrons. The average molecular weight is 380 g/mol. The number of hydrogen-bond donors (Lipinski definition) is 0.